The number of carbonyl (C=O) groups excluding carboxylic acids is 3. The van der Waals surface area contributed by atoms with Crippen LogP contribution >= 0.6 is 0 Å². The lowest BCUT2D eigenvalue weighted by atomic mass is 10.1. The normalized spacial score (nSPS) is 15.5. The molecule has 19 heavy (non-hydrogen) atoms. The van der Waals surface area contributed by atoms with Crippen LogP contribution in [-0.4, -0.2) is 23.6 Å². The topological polar surface area (TPSA) is 92.5 Å². The first-order chi connectivity index (χ1) is 8.88. The molecule has 0 spiro atoms. The highest BCUT2D eigenvalue weighted by molar-refractivity contribution is 6.52. The molecule has 100 valence electrons. The summed E-state index contributed by atoms with van der Waals surface area (Å²) in [5, 5.41) is 0. The number of Topliss-reactive ketones (excluding diaryl/α,β-unsaturated/α-hetero) is 1. The molecule has 1 atom stereocenters. The van der Waals surface area contributed by atoms with Crippen molar-refractivity contribution in [2.45, 2.75) is 13.0 Å². The summed E-state index contributed by atoms with van der Waals surface area (Å²) in [6, 6.07) is 0.221. The number of hydrazine groups is 1. The Morgan fingerprint density at radius 2 is 1.89 bits per heavy atom. The number of amides is 2. The van der Waals surface area contributed by atoms with Gasteiger partial charge in [0.1, 0.15) is 6.04 Å². The van der Waals surface area contributed by atoms with Crippen LogP contribution in [0.15, 0.2) is 12.1 Å². The molecule has 2 amide bonds. The minimum absolute atomic E-state index is 0.148. The number of halogens is 2. The number of nitrogens with zero attached hydrogens (tertiary/aromatic N) is 1. The van der Waals surface area contributed by atoms with Crippen molar-refractivity contribution >= 4 is 23.3 Å². The number of rotatable bonds is 2. The Morgan fingerprint density at radius 1 is 1.32 bits per heavy atom. The van der Waals surface area contributed by atoms with E-state index in [0.717, 1.165) is 4.90 Å². The molecule has 1 aliphatic rings. The fourth-order valence-electron chi connectivity index (χ4n) is 1.87. The smallest absolute Gasteiger partial charge is 0.292 e. The third-order valence-corrected chi connectivity index (χ3v) is 2.86. The number of anilines is 1. The summed E-state index contributed by atoms with van der Waals surface area (Å²) in [5.41, 5.74) is 1.40. The minimum atomic E-state index is -1.24. The SMILES string of the molecule is CC(C(=O)NN)N1C(=O)C(=O)c2cc(F)c(F)cc21. The zero-order valence-electron chi connectivity index (χ0n) is 9.74. The zero-order valence-corrected chi connectivity index (χ0v) is 9.74. The minimum Gasteiger partial charge on any atom is -0.292 e. The molecule has 0 fully saturated rings. The van der Waals surface area contributed by atoms with E-state index in [1.54, 1.807) is 0 Å². The fourth-order valence-corrected chi connectivity index (χ4v) is 1.87. The molecule has 1 aromatic rings. The molecular formula is C11H9F2N3O3. The number of carbonyl (C=O) groups is 3. The van der Waals surface area contributed by atoms with Gasteiger partial charge < -0.3 is 0 Å². The van der Waals surface area contributed by atoms with Gasteiger partial charge in [-0.2, -0.15) is 0 Å². The van der Waals surface area contributed by atoms with Gasteiger partial charge in [-0.15, -0.1) is 0 Å². The van der Waals surface area contributed by atoms with Crippen molar-refractivity contribution in [1.82, 2.24) is 5.43 Å². The van der Waals surface area contributed by atoms with E-state index in [0.29, 0.717) is 12.1 Å². The van der Waals surface area contributed by atoms with Gasteiger partial charge in [0.15, 0.2) is 11.6 Å². The summed E-state index contributed by atoms with van der Waals surface area (Å²) in [4.78, 5) is 35.6. The second-order valence-corrected chi connectivity index (χ2v) is 3.97. The molecule has 0 radical (unpaired) electrons. The van der Waals surface area contributed by atoms with Crippen LogP contribution in [0.5, 0.6) is 0 Å². The molecule has 6 nitrogen and oxygen atoms in total. The van der Waals surface area contributed by atoms with Gasteiger partial charge in [-0.3, -0.25) is 24.7 Å². The predicted octanol–water partition coefficient (Wildman–Crippen LogP) is -0.128. The van der Waals surface area contributed by atoms with Crippen LogP contribution in [0.4, 0.5) is 14.5 Å². The van der Waals surface area contributed by atoms with Crippen molar-refractivity contribution in [3.63, 3.8) is 0 Å². The lowest BCUT2D eigenvalue weighted by Gasteiger charge is -2.22. The molecule has 0 aromatic heterocycles. The highest BCUT2D eigenvalue weighted by atomic mass is 19.2. The Morgan fingerprint density at radius 3 is 2.47 bits per heavy atom. The molecule has 1 aromatic carbocycles. The van der Waals surface area contributed by atoms with Crippen molar-refractivity contribution in [2.24, 2.45) is 5.84 Å². The molecule has 0 bridgehead atoms. The number of nitrogens with one attached hydrogen (secondary N) is 1. The van der Waals surface area contributed by atoms with Crippen molar-refractivity contribution in [3.05, 3.63) is 29.3 Å². The van der Waals surface area contributed by atoms with E-state index >= 15 is 0 Å². The summed E-state index contributed by atoms with van der Waals surface area (Å²) in [6.07, 6.45) is 0. The number of benzene rings is 1. The highest BCUT2D eigenvalue weighted by Gasteiger charge is 2.41. The first-order valence-corrected chi connectivity index (χ1v) is 5.26. The predicted molar refractivity (Wildman–Crippen MR) is 60.0 cm³/mol. The third kappa shape index (κ3) is 1.85. The van der Waals surface area contributed by atoms with Gasteiger partial charge in [-0.1, -0.05) is 0 Å². The fraction of sp³-hybridized carbons (Fsp3) is 0.182. The van der Waals surface area contributed by atoms with Crippen molar-refractivity contribution < 1.29 is 23.2 Å². The zero-order chi connectivity index (χ0) is 14.3. The molecule has 2 rings (SSSR count). The first-order valence-electron chi connectivity index (χ1n) is 5.26. The van der Waals surface area contributed by atoms with Crippen molar-refractivity contribution in [3.8, 4) is 0 Å². The average Bonchev–Trinajstić information content (AvgIpc) is 2.61. The van der Waals surface area contributed by atoms with Crippen molar-refractivity contribution in [1.29, 1.82) is 0 Å². The molecule has 0 saturated heterocycles. The molecule has 1 heterocycles. The molecule has 1 aliphatic heterocycles. The monoisotopic (exact) mass is 269 g/mol. The van der Waals surface area contributed by atoms with Gasteiger partial charge in [0, 0.05) is 6.07 Å². The van der Waals surface area contributed by atoms with E-state index in [-0.39, 0.29) is 11.3 Å². The molecule has 1 unspecified atom stereocenters. The average molecular weight is 269 g/mol. The van der Waals surface area contributed by atoms with Crippen LogP contribution in [0.3, 0.4) is 0 Å². The number of nitrogens with two attached hydrogens (primary N) is 1. The second-order valence-electron chi connectivity index (χ2n) is 3.97. The Bertz CT molecular complexity index is 603. The van der Waals surface area contributed by atoms with E-state index in [1.165, 1.54) is 6.92 Å². The Labute approximate surface area is 106 Å². The second kappa shape index (κ2) is 4.39. The Balaban J connectivity index is 2.56. The highest BCUT2D eigenvalue weighted by Crippen LogP contribution is 2.32. The molecule has 8 heteroatoms. The van der Waals surface area contributed by atoms with Crippen LogP contribution in [0.25, 0.3) is 0 Å². The van der Waals surface area contributed by atoms with Gasteiger partial charge in [0.25, 0.3) is 17.6 Å². The number of fused-ring (bicyclic) bond motifs is 1. The maximum absolute atomic E-state index is 13.2. The van der Waals surface area contributed by atoms with E-state index in [2.05, 4.69) is 0 Å². The Hall–Kier alpha value is -2.35. The summed E-state index contributed by atoms with van der Waals surface area (Å²) < 4.78 is 26.3. The lowest BCUT2D eigenvalue weighted by Crippen LogP contribution is -2.49. The van der Waals surface area contributed by atoms with Crippen molar-refractivity contribution in [2.75, 3.05) is 4.90 Å². The van der Waals surface area contributed by atoms with Crippen LogP contribution in [0.1, 0.15) is 17.3 Å². The molecular weight excluding hydrogens is 260 g/mol. The number of ketones is 1. The molecule has 0 saturated carbocycles. The molecule has 3 N–H and O–H groups in total. The summed E-state index contributed by atoms with van der Waals surface area (Å²) >= 11 is 0. The standard InChI is InChI=1S/C11H9F2N3O3/c1-4(10(18)15-14)16-8-3-7(13)6(12)2-5(8)9(17)11(16)19/h2-4H,14H2,1H3,(H,15,18). The van der Waals surface area contributed by atoms with E-state index in [1.807, 2.05) is 5.43 Å². The van der Waals surface area contributed by atoms with Crippen LogP contribution < -0.4 is 16.2 Å². The van der Waals surface area contributed by atoms with E-state index in [9.17, 15) is 23.2 Å². The first kappa shape index (κ1) is 13.1. The van der Waals surface area contributed by atoms with Crippen LogP contribution in [0, 0.1) is 11.6 Å². The summed E-state index contributed by atoms with van der Waals surface area (Å²) in [6.45, 7) is 1.31. The lowest BCUT2D eigenvalue weighted by molar-refractivity contribution is -0.124. The van der Waals surface area contributed by atoms with Crippen LogP contribution in [0.2, 0.25) is 0 Å². The van der Waals surface area contributed by atoms with Crippen LogP contribution in [-0.2, 0) is 9.59 Å². The van der Waals surface area contributed by atoms with Gasteiger partial charge in [0.05, 0.1) is 11.3 Å². The summed E-state index contributed by atoms with van der Waals surface area (Å²) in [5.74, 6) is -0.280. The van der Waals surface area contributed by atoms with Gasteiger partial charge in [0.2, 0.25) is 0 Å². The third-order valence-electron chi connectivity index (χ3n) is 2.86. The van der Waals surface area contributed by atoms with Gasteiger partial charge in [-0.25, -0.2) is 14.6 Å². The molecule has 0 aliphatic carbocycles. The Kier molecular flexibility index (Phi) is 3.03. The number of hydrogen-bond acceptors (Lipinski definition) is 4. The van der Waals surface area contributed by atoms with Gasteiger partial charge in [-0.05, 0) is 13.0 Å². The largest absolute Gasteiger partial charge is 0.300 e. The summed E-state index contributed by atoms with van der Waals surface area (Å²) in [7, 11) is 0. The maximum atomic E-state index is 13.2. The number of hydrogen-bond donors (Lipinski definition) is 2. The quantitative estimate of drug-likeness (QED) is 0.338. The van der Waals surface area contributed by atoms with E-state index < -0.39 is 35.3 Å². The van der Waals surface area contributed by atoms with E-state index in [4.69, 9.17) is 5.84 Å². The maximum Gasteiger partial charge on any atom is 0.300 e. The van der Waals surface area contributed by atoms with Gasteiger partial charge >= 0.3 is 0 Å².